The molecule has 0 bridgehead atoms. The molecule has 0 spiro atoms. The fourth-order valence-electron chi connectivity index (χ4n) is 1.67. The Balaban J connectivity index is 2.51. The summed E-state index contributed by atoms with van der Waals surface area (Å²) in [6.45, 7) is 6.46. The molecule has 1 unspecified atom stereocenters. The number of hydrogen-bond donors (Lipinski definition) is 1. The third kappa shape index (κ3) is 4.32. The zero-order valence-corrected chi connectivity index (χ0v) is 11.4. The Morgan fingerprint density at radius 3 is 2.69 bits per heavy atom. The molecule has 16 heavy (non-hydrogen) atoms. The van der Waals surface area contributed by atoms with Gasteiger partial charge in [0, 0.05) is 10.0 Å². The van der Waals surface area contributed by atoms with Gasteiger partial charge in [0.1, 0.15) is 0 Å². The Morgan fingerprint density at radius 2 is 2.00 bits per heavy atom. The summed E-state index contributed by atoms with van der Waals surface area (Å²) in [6.07, 6.45) is 2.26. The smallest absolute Gasteiger partial charge is 0.0441 e. The zero-order chi connectivity index (χ0) is 12.0. The average molecular weight is 260 g/mol. The van der Waals surface area contributed by atoms with Gasteiger partial charge in [-0.2, -0.15) is 0 Å². The van der Waals surface area contributed by atoms with Crippen LogP contribution in [0.1, 0.15) is 38.2 Å². The molecule has 0 saturated heterocycles. The second-order valence-corrected chi connectivity index (χ2v) is 4.95. The van der Waals surface area contributed by atoms with Crippen LogP contribution in [-0.2, 0) is 0 Å². The van der Waals surface area contributed by atoms with Gasteiger partial charge >= 0.3 is 0 Å². The Labute approximate surface area is 108 Å². The van der Waals surface area contributed by atoms with Gasteiger partial charge in [0.15, 0.2) is 0 Å². The van der Waals surface area contributed by atoms with E-state index in [1.165, 1.54) is 6.42 Å². The molecular weight excluding hydrogens is 241 g/mol. The molecule has 0 amide bonds. The molecule has 0 aliphatic heterocycles. The second-order valence-electron chi connectivity index (χ2n) is 4.11. The molecule has 0 saturated carbocycles. The molecule has 1 atom stereocenters. The van der Waals surface area contributed by atoms with Crippen molar-refractivity contribution < 1.29 is 0 Å². The van der Waals surface area contributed by atoms with E-state index in [4.69, 9.17) is 23.2 Å². The highest BCUT2D eigenvalue weighted by atomic mass is 35.5. The Kier molecular flexibility index (Phi) is 6.18. The van der Waals surface area contributed by atoms with Gasteiger partial charge in [-0.15, -0.1) is 0 Å². The van der Waals surface area contributed by atoms with Crippen LogP contribution in [0.25, 0.3) is 0 Å². The first-order valence-electron chi connectivity index (χ1n) is 5.80. The van der Waals surface area contributed by atoms with E-state index < -0.39 is 0 Å². The van der Waals surface area contributed by atoms with Crippen molar-refractivity contribution in [2.24, 2.45) is 0 Å². The van der Waals surface area contributed by atoms with Gasteiger partial charge in [-0.05, 0) is 55.6 Å². The molecule has 1 aromatic rings. The first-order valence-corrected chi connectivity index (χ1v) is 6.56. The van der Waals surface area contributed by atoms with Gasteiger partial charge in [0.25, 0.3) is 0 Å². The third-order valence-electron chi connectivity index (χ3n) is 2.67. The zero-order valence-electron chi connectivity index (χ0n) is 9.89. The molecule has 0 heterocycles. The van der Waals surface area contributed by atoms with Crippen LogP contribution in [0.2, 0.25) is 10.0 Å². The summed E-state index contributed by atoms with van der Waals surface area (Å²) in [5.41, 5.74) is 1.15. The van der Waals surface area contributed by atoms with Gasteiger partial charge in [-0.1, -0.05) is 37.0 Å². The van der Waals surface area contributed by atoms with E-state index in [-0.39, 0.29) is 0 Å². The number of halogens is 2. The molecule has 0 aliphatic carbocycles. The normalized spacial score (nSPS) is 12.8. The SMILES string of the molecule is CCCNCCC(C)c1cc(Cl)ccc1Cl. The van der Waals surface area contributed by atoms with Gasteiger partial charge in [0.05, 0.1) is 0 Å². The van der Waals surface area contributed by atoms with E-state index in [2.05, 4.69) is 19.2 Å². The number of hydrogen-bond acceptors (Lipinski definition) is 1. The predicted octanol–water partition coefficient (Wildman–Crippen LogP) is 4.49. The van der Waals surface area contributed by atoms with Crippen molar-refractivity contribution in [2.45, 2.75) is 32.6 Å². The van der Waals surface area contributed by atoms with Gasteiger partial charge in [-0.25, -0.2) is 0 Å². The lowest BCUT2D eigenvalue weighted by atomic mass is 9.98. The predicted molar refractivity (Wildman–Crippen MR) is 72.7 cm³/mol. The third-order valence-corrected chi connectivity index (χ3v) is 3.25. The van der Waals surface area contributed by atoms with E-state index in [0.29, 0.717) is 5.92 Å². The van der Waals surface area contributed by atoms with Crippen LogP contribution < -0.4 is 5.32 Å². The number of rotatable bonds is 6. The van der Waals surface area contributed by atoms with Crippen molar-refractivity contribution in [1.82, 2.24) is 5.32 Å². The number of benzene rings is 1. The standard InChI is InChI=1S/C13H19Cl2N/c1-3-7-16-8-6-10(2)12-9-11(14)4-5-13(12)15/h4-5,9-10,16H,3,6-8H2,1-2H3. The van der Waals surface area contributed by atoms with E-state index in [0.717, 1.165) is 35.1 Å². The molecule has 1 nitrogen and oxygen atoms in total. The van der Waals surface area contributed by atoms with Crippen molar-refractivity contribution in [3.8, 4) is 0 Å². The van der Waals surface area contributed by atoms with E-state index in [1.807, 2.05) is 18.2 Å². The molecule has 0 aliphatic rings. The lowest BCUT2D eigenvalue weighted by molar-refractivity contribution is 0.591. The fraction of sp³-hybridized carbons (Fsp3) is 0.538. The van der Waals surface area contributed by atoms with Gasteiger partial charge in [-0.3, -0.25) is 0 Å². The topological polar surface area (TPSA) is 12.0 Å². The quantitative estimate of drug-likeness (QED) is 0.743. The highest BCUT2D eigenvalue weighted by molar-refractivity contribution is 6.33. The Morgan fingerprint density at radius 1 is 1.25 bits per heavy atom. The maximum Gasteiger partial charge on any atom is 0.0441 e. The first kappa shape index (κ1) is 13.8. The minimum absolute atomic E-state index is 0.440. The van der Waals surface area contributed by atoms with Crippen LogP contribution in [0.5, 0.6) is 0 Å². The Bertz CT molecular complexity index is 326. The second kappa shape index (κ2) is 7.16. The lowest BCUT2D eigenvalue weighted by Crippen LogP contribution is -2.17. The highest BCUT2D eigenvalue weighted by Crippen LogP contribution is 2.29. The van der Waals surface area contributed by atoms with E-state index in [9.17, 15) is 0 Å². The lowest BCUT2D eigenvalue weighted by Gasteiger charge is -2.14. The van der Waals surface area contributed by atoms with E-state index in [1.54, 1.807) is 0 Å². The summed E-state index contributed by atoms with van der Waals surface area (Å²) in [6, 6.07) is 5.67. The van der Waals surface area contributed by atoms with Crippen molar-refractivity contribution in [2.75, 3.05) is 13.1 Å². The molecule has 1 rings (SSSR count). The molecule has 0 aromatic heterocycles. The van der Waals surface area contributed by atoms with Crippen molar-refractivity contribution in [3.63, 3.8) is 0 Å². The molecule has 0 fully saturated rings. The first-order chi connectivity index (χ1) is 7.65. The summed E-state index contributed by atoms with van der Waals surface area (Å²) < 4.78 is 0. The molecule has 1 N–H and O–H groups in total. The van der Waals surface area contributed by atoms with Crippen LogP contribution in [0.3, 0.4) is 0 Å². The van der Waals surface area contributed by atoms with Crippen molar-refractivity contribution in [1.29, 1.82) is 0 Å². The minimum Gasteiger partial charge on any atom is -0.317 e. The molecule has 0 radical (unpaired) electrons. The summed E-state index contributed by atoms with van der Waals surface area (Å²) in [7, 11) is 0. The van der Waals surface area contributed by atoms with Crippen LogP contribution in [-0.4, -0.2) is 13.1 Å². The molecule has 3 heteroatoms. The monoisotopic (exact) mass is 259 g/mol. The Hall–Kier alpha value is -0.240. The minimum atomic E-state index is 0.440. The summed E-state index contributed by atoms with van der Waals surface area (Å²) in [5.74, 6) is 0.440. The fourth-order valence-corrected chi connectivity index (χ4v) is 2.15. The summed E-state index contributed by atoms with van der Waals surface area (Å²) >= 11 is 12.1. The van der Waals surface area contributed by atoms with Crippen LogP contribution >= 0.6 is 23.2 Å². The molecule has 1 aromatic carbocycles. The van der Waals surface area contributed by atoms with Gasteiger partial charge < -0.3 is 5.32 Å². The molecular formula is C13H19Cl2N. The van der Waals surface area contributed by atoms with Crippen molar-refractivity contribution in [3.05, 3.63) is 33.8 Å². The van der Waals surface area contributed by atoms with Crippen molar-refractivity contribution >= 4 is 23.2 Å². The van der Waals surface area contributed by atoms with E-state index >= 15 is 0 Å². The van der Waals surface area contributed by atoms with Crippen LogP contribution in [0.15, 0.2) is 18.2 Å². The average Bonchev–Trinajstić information content (AvgIpc) is 2.27. The highest BCUT2D eigenvalue weighted by Gasteiger charge is 2.09. The number of nitrogens with one attached hydrogen (secondary N) is 1. The summed E-state index contributed by atoms with van der Waals surface area (Å²) in [4.78, 5) is 0. The largest absolute Gasteiger partial charge is 0.317 e. The van der Waals surface area contributed by atoms with Gasteiger partial charge in [0.2, 0.25) is 0 Å². The van der Waals surface area contributed by atoms with Crippen LogP contribution in [0, 0.1) is 0 Å². The van der Waals surface area contributed by atoms with Crippen LogP contribution in [0.4, 0.5) is 0 Å². The summed E-state index contributed by atoms with van der Waals surface area (Å²) in [5, 5.41) is 4.96. The maximum absolute atomic E-state index is 6.15. The molecule has 90 valence electrons. The maximum atomic E-state index is 6.15.